The maximum Gasteiger partial charge on any atom is 0.328 e. The molecule has 0 aromatic rings. The van der Waals surface area contributed by atoms with E-state index in [2.05, 4.69) is 11.7 Å². The fourth-order valence-electron chi connectivity index (χ4n) is 2.27. The van der Waals surface area contributed by atoms with E-state index in [1.165, 1.54) is 0 Å². The Kier molecular flexibility index (Phi) is 8.43. The highest BCUT2D eigenvalue weighted by atomic mass is 35.5. The average molecular weight is 462 g/mol. The molecule has 1 aliphatic heterocycles. The molecule has 1 N–H and O–H groups in total. The van der Waals surface area contributed by atoms with Gasteiger partial charge in [0.15, 0.2) is 0 Å². The van der Waals surface area contributed by atoms with Gasteiger partial charge in [-0.05, 0) is 0 Å². The standard InChI is InChI=1S/C6H18B3Cl6N3Si3/c1-19-4(10,11)9-17(5(12,13)20-2)7-16-8-18(9)6(14,15)21-3/h7-8,16H,19-21H2,1-3H3. The van der Waals surface area contributed by atoms with Gasteiger partial charge in [-0.15, -0.1) is 23.2 Å². The fraction of sp³-hybridized carbons (Fsp3) is 1.00. The molecule has 0 aromatic carbocycles. The van der Waals surface area contributed by atoms with Crippen LogP contribution >= 0.6 is 69.6 Å². The minimum atomic E-state index is -0.950. The third-order valence-corrected chi connectivity index (χ3v) is 13.6. The van der Waals surface area contributed by atoms with Crippen molar-refractivity contribution in [3.05, 3.63) is 0 Å². The zero-order chi connectivity index (χ0) is 16.5. The Labute approximate surface area is 165 Å². The molecule has 0 amide bonds. The highest BCUT2D eigenvalue weighted by Crippen LogP contribution is 2.39. The van der Waals surface area contributed by atoms with Crippen molar-refractivity contribution in [2.75, 3.05) is 0 Å². The highest BCUT2D eigenvalue weighted by molar-refractivity contribution is 7.01. The first kappa shape index (κ1) is 21.5. The molecule has 1 saturated heterocycles. The first-order valence-electron chi connectivity index (χ1n) is 6.91. The topological polar surface area (TPSA) is 18.5 Å². The van der Waals surface area contributed by atoms with Crippen LogP contribution in [0.2, 0.25) is 19.6 Å². The highest BCUT2D eigenvalue weighted by Gasteiger charge is 2.57. The molecule has 0 saturated carbocycles. The van der Waals surface area contributed by atoms with Gasteiger partial charge in [-0.25, -0.2) is 0 Å². The van der Waals surface area contributed by atoms with Crippen molar-refractivity contribution in [3.63, 3.8) is 0 Å². The molecule has 0 radical (unpaired) electrons. The summed E-state index contributed by atoms with van der Waals surface area (Å²) in [6, 6.07) is 0. The number of halogens is 6. The lowest BCUT2D eigenvalue weighted by molar-refractivity contribution is 0.535. The van der Waals surface area contributed by atoms with Crippen LogP contribution in [-0.2, 0) is 0 Å². The zero-order valence-electron chi connectivity index (χ0n) is 12.3. The summed E-state index contributed by atoms with van der Waals surface area (Å²) in [5.41, 5.74) is 0. The van der Waals surface area contributed by atoms with Crippen LogP contribution in [0.1, 0.15) is 0 Å². The van der Waals surface area contributed by atoms with Crippen LogP contribution in [0.25, 0.3) is 0 Å². The molecule has 1 heterocycles. The smallest absolute Gasteiger partial charge is 0.328 e. The maximum absolute atomic E-state index is 6.63. The van der Waals surface area contributed by atoms with Crippen LogP contribution in [0.3, 0.4) is 0 Å². The molecule has 15 heteroatoms. The van der Waals surface area contributed by atoms with Gasteiger partial charge >= 0.3 is 6.98 Å². The summed E-state index contributed by atoms with van der Waals surface area (Å²) in [6.07, 6.45) is 0. The van der Waals surface area contributed by atoms with E-state index in [1.54, 1.807) is 0 Å². The van der Waals surface area contributed by atoms with Gasteiger partial charge in [0.25, 0.3) is 15.1 Å². The number of hydrogen-bond acceptors (Lipinski definition) is 3. The number of rotatable bonds is 6. The van der Waals surface area contributed by atoms with Crippen molar-refractivity contribution in [3.8, 4) is 0 Å². The van der Waals surface area contributed by atoms with Gasteiger partial charge in [-0.3, -0.25) is 0 Å². The molecular formula is C6H18B3Cl6N3Si3. The SMILES string of the molecule is C[SiH2]C(Cl)(Cl)B1N(C(Cl)(Cl)[SiH2]C)BNBN1C(Cl)(Cl)[SiH2]C. The second kappa shape index (κ2) is 8.23. The Morgan fingerprint density at radius 3 is 1.48 bits per heavy atom. The van der Waals surface area contributed by atoms with Gasteiger partial charge in [-0.1, -0.05) is 66.0 Å². The van der Waals surface area contributed by atoms with E-state index >= 15 is 0 Å². The lowest BCUT2D eigenvalue weighted by Crippen LogP contribution is -2.79. The Bertz CT molecular complexity index is 344. The molecule has 1 fully saturated rings. The molecule has 0 aliphatic carbocycles. The number of nitrogens with one attached hydrogen (secondary N) is 1. The van der Waals surface area contributed by atoms with E-state index in [4.69, 9.17) is 69.6 Å². The second-order valence-electron chi connectivity index (χ2n) is 5.03. The Morgan fingerprint density at radius 2 is 1.19 bits per heavy atom. The van der Waals surface area contributed by atoms with E-state index in [0.29, 0.717) is 15.1 Å². The van der Waals surface area contributed by atoms with Crippen LogP contribution in [0.4, 0.5) is 0 Å². The average Bonchev–Trinajstić information content (AvgIpc) is 2.46. The Balaban J connectivity index is 3.26. The van der Waals surface area contributed by atoms with E-state index < -0.39 is 40.6 Å². The Morgan fingerprint density at radius 1 is 0.810 bits per heavy atom. The molecule has 0 unspecified atom stereocenters. The molecule has 1 rings (SSSR count). The third kappa shape index (κ3) is 4.98. The van der Waals surface area contributed by atoms with E-state index in [0.717, 1.165) is 0 Å². The van der Waals surface area contributed by atoms with Crippen LogP contribution in [-0.4, -0.2) is 72.1 Å². The molecule has 21 heavy (non-hydrogen) atoms. The molecule has 0 bridgehead atoms. The monoisotopic (exact) mass is 459 g/mol. The number of alkyl halides is 6. The molecule has 3 nitrogen and oxygen atoms in total. The predicted octanol–water partition coefficient (Wildman–Crippen LogP) is -0.286. The molecule has 0 spiro atoms. The number of nitrogens with zero attached hydrogens (tertiary/aromatic N) is 2. The second-order valence-corrected chi connectivity index (χ2v) is 17.4. The third-order valence-electron chi connectivity index (χ3n) is 3.70. The molecule has 1 aliphatic rings. The van der Waals surface area contributed by atoms with Gasteiger partial charge in [0.2, 0.25) is 0 Å². The summed E-state index contributed by atoms with van der Waals surface area (Å²) in [7, 11) is -1.27. The van der Waals surface area contributed by atoms with Crippen LogP contribution < -0.4 is 5.14 Å². The lowest BCUT2D eigenvalue weighted by Gasteiger charge is -2.53. The van der Waals surface area contributed by atoms with Crippen LogP contribution in [0, 0.1) is 0 Å². The first-order valence-corrected chi connectivity index (χ1v) is 15.5. The predicted molar refractivity (Wildman–Crippen MR) is 113 cm³/mol. The van der Waals surface area contributed by atoms with Gasteiger partial charge in [-0.2, -0.15) is 0 Å². The molecule has 0 atom stereocenters. The first-order chi connectivity index (χ1) is 9.53. The van der Waals surface area contributed by atoms with Crippen molar-refractivity contribution in [1.29, 1.82) is 0 Å². The molecular weight excluding hydrogens is 443 g/mol. The maximum atomic E-state index is 6.63. The molecule has 0 aromatic heterocycles. The summed E-state index contributed by atoms with van der Waals surface area (Å²) in [5, 5.41) is 3.25. The summed E-state index contributed by atoms with van der Waals surface area (Å²) in [6.45, 7) is 5.77. The van der Waals surface area contributed by atoms with Crippen molar-refractivity contribution in [1.82, 2.24) is 14.6 Å². The summed E-state index contributed by atoms with van der Waals surface area (Å²) < 4.78 is 0.985. The lowest BCUT2D eigenvalue weighted by atomic mass is 9.61. The van der Waals surface area contributed by atoms with Crippen molar-refractivity contribution in [2.45, 2.75) is 31.7 Å². The van der Waals surface area contributed by atoms with Crippen molar-refractivity contribution < 1.29 is 0 Å². The van der Waals surface area contributed by atoms with E-state index in [9.17, 15) is 0 Å². The van der Waals surface area contributed by atoms with Gasteiger partial charge in [0.05, 0.1) is 28.6 Å². The summed E-state index contributed by atoms with van der Waals surface area (Å²) in [4.78, 5) is 0. The fourth-order valence-corrected chi connectivity index (χ4v) is 5.53. The van der Waals surface area contributed by atoms with Gasteiger partial charge in [0.1, 0.15) is 12.0 Å². The van der Waals surface area contributed by atoms with E-state index in [1.807, 2.05) is 22.5 Å². The minimum Gasteiger partial charge on any atom is -0.377 e. The zero-order valence-corrected chi connectivity index (χ0v) is 21.1. The van der Waals surface area contributed by atoms with Crippen LogP contribution in [0.15, 0.2) is 0 Å². The summed E-state index contributed by atoms with van der Waals surface area (Å²) >= 11 is 39.4. The Hall–Kier alpha value is 2.47. The van der Waals surface area contributed by atoms with Crippen LogP contribution in [0.5, 0.6) is 0 Å². The normalized spacial score (nSPS) is 21.1. The molecule has 120 valence electrons. The summed E-state index contributed by atoms with van der Waals surface area (Å²) in [5.74, 6) is 0. The number of hydrogen-bond donors (Lipinski definition) is 1. The van der Waals surface area contributed by atoms with Crippen molar-refractivity contribution in [2.24, 2.45) is 0 Å². The van der Waals surface area contributed by atoms with Crippen molar-refractivity contribution >= 4 is 120 Å². The largest absolute Gasteiger partial charge is 0.377 e. The van der Waals surface area contributed by atoms with E-state index in [-0.39, 0.29) is 6.98 Å². The quantitative estimate of drug-likeness (QED) is 0.333. The minimum absolute atomic E-state index is 0.386. The van der Waals surface area contributed by atoms with Gasteiger partial charge in [0, 0.05) is 0 Å². The van der Waals surface area contributed by atoms with Gasteiger partial charge < -0.3 is 14.6 Å².